The van der Waals surface area contributed by atoms with Gasteiger partial charge in [-0.05, 0) is 42.8 Å². The molecule has 0 spiro atoms. The predicted molar refractivity (Wildman–Crippen MR) is 154 cm³/mol. The molecule has 0 saturated carbocycles. The summed E-state index contributed by atoms with van der Waals surface area (Å²) in [6, 6.07) is 16.5. The molecular weight excluding hydrogens is 568 g/mol. The minimum atomic E-state index is -0.778. The first kappa shape index (κ1) is 28.3. The Morgan fingerprint density at radius 3 is 2.54 bits per heavy atom. The van der Waals surface area contributed by atoms with Crippen LogP contribution in [0.2, 0.25) is 5.02 Å². The Hall–Kier alpha value is -4.25. The number of carbonyl (C=O) groups excluding carboxylic acids is 2. The van der Waals surface area contributed by atoms with Crippen molar-refractivity contribution < 1.29 is 28.2 Å². The number of thiazole rings is 1. The Kier molecular flexibility index (Phi) is 8.34. The summed E-state index contributed by atoms with van der Waals surface area (Å²) in [5.74, 6) is -0.220. The van der Waals surface area contributed by atoms with Gasteiger partial charge in [0.15, 0.2) is 4.80 Å². The number of ether oxygens (including phenoxy) is 3. The second kappa shape index (κ2) is 12.1. The van der Waals surface area contributed by atoms with Crippen molar-refractivity contribution in [3.63, 3.8) is 0 Å². The fourth-order valence-electron chi connectivity index (χ4n) is 4.53. The van der Waals surface area contributed by atoms with Crippen molar-refractivity contribution in [3.8, 4) is 11.3 Å². The van der Waals surface area contributed by atoms with E-state index in [1.807, 2.05) is 0 Å². The highest BCUT2D eigenvalue weighted by molar-refractivity contribution is 7.07. The molecule has 11 heteroatoms. The molecule has 0 radical (unpaired) electrons. The normalized spacial score (nSPS) is 14.9. The smallest absolute Gasteiger partial charge is 0.338 e. The van der Waals surface area contributed by atoms with Crippen molar-refractivity contribution >= 4 is 41.0 Å². The molecule has 1 aliphatic heterocycles. The van der Waals surface area contributed by atoms with Crippen LogP contribution < -0.4 is 14.9 Å². The standard InChI is InChI=1S/C30H25ClN2O7S/c1-17-25(29(36)39-15-14-37-2)26(18-8-10-19(31)11-9-18)33-27(34)24(41-30(33)32-17)16-20-12-13-23(40-20)21-6-4-5-7-22(21)28(35)38-3/h4-13,16,26H,14-15H2,1-3H3. The molecule has 41 heavy (non-hydrogen) atoms. The van der Waals surface area contributed by atoms with E-state index >= 15 is 0 Å². The van der Waals surface area contributed by atoms with Gasteiger partial charge in [0.25, 0.3) is 5.56 Å². The number of allylic oxidation sites excluding steroid dienone is 1. The lowest BCUT2D eigenvalue weighted by Crippen LogP contribution is -2.40. The van der Waals surface area contributed by atoms with Crippen molar-refractivity contribution in [1.29, 1.82) is 0 Å². The molecule has 210 valence electrons. The zero-order valence-corrected chi connectivity index (χ0v) is 24.0. The molecule has 1 aliphatic rings. The van der Waals surface area contributed by atoms with Crippen LogP contribution in [0.4, 0.5) is 0 Å². The van der Waals surface area contributed by atoms with E-state index in [2.05, 4.69) is 4.99 Å². The van der Waals surface area contributed by atoms with Crippen LogP contribution in [-0.4, -0.2) is 43.9 Å². The van der Waals surface area contributed by atoms with Gasteiger partial charge in [-0.25, -0.2) is 14.6 Å². The maximum atomic E-state index is 13.8. The van der Waals surface area contributed by atoms with E-state index in [1.54, 1.807) is 73.7 Å². The van der Waals surface area contributed by atoms with Crippen LogP contribution in [0.3, 0.4) is 0 Å². The van der Waals surface area contributed by atoms with Gasteiger partial charge in [-0.3, -0.25) is 9.36 Å². The molecule has 0 amide bonds. The summed E-state index contributed by atoms with van der Waals surface area (Å²) in [4.78, 5) is 44.3. The number of carbonyl (C=O) groups is 2. The molecular formula is C30H25ClN2O7S. The van der Waals surface area contributed by atoms with E-state index in [1.165, 1.54) is 30.1 Å². The average Bonchev–Trinajstić information content (AvgIpc) is 3.56. The van der Waals surface area contributed by atoms with Crippen LogP contribution in [0.25, 0.3) is 17.4 Å². The lowest BCUT2D eigenvalue weighted by Gasteiger charge is -2.24. The van der Waals surface area contributed by atoms with Crippen molar-refractivity contribution in [3.05, 3.63) is 114 Å². The first-order valence-electron chi connectivity index (χ1n) is 12.5. The van der Waals surface area contributed by atoms with E-state index in [-0.39, 0.29) is 24.3 Å². The summed E-state index contributed by atoms with van der Waals surface area (Å²) in [5, 5.41) is 0.522. The molecule has 5 rings (SSSR count). The van der Waals surface area contributed by atoms with Crippen molar-refractivity contribution in [2.45, 2.75) is 13.0 Å². The summed E-state index contributed by atoms with van der Waals surface area (Å²) in [7, 11) is 2.83. The van der Waals surface area contributed by atoms with Gasteiger partial charge in [0.1, 0.15) is 18.1 Å². The maximum Gasteiger partial charge on any atom is 0.338 e. The van der Waals surface area contributed by atoms with Gasteiger partial charge < -0.3 is 18.6 Å². The fraction of sp³-hybridized carbons (Fsp3) is 0.200. The number of methoxy groups -OCH3 is 2. The van der Waals surface area contributed by atoms with Crippen LogP contribution in [0.1, 0.15) is 34.6 Å². The van der Waals surface area contributed by atoms with E-state index in [4.69, 9.17) is 30.2 Å². The predicted octanol–water partition coefficient (Wildman–Crippen LogP) is 4.12. The lowest BCUT2D eigenvalue weighted by molar-refractivity contribution is -0.140. The third-order valence-electron chi connectivity index (χ3n) is 6.45. The van der Waals surface area contributed by atoms with E-state index in [0.717, 1.165) is 0 Å². The number of fused-ring (bicyclic) bond motifs is 1. The lowest BCUT2D eigenvalue weighted by atomic mass is 9.96. The van der Waals surface area contributed by atoms with Crippen molar-refractivity contribution in [1.82, 2.24) is 4.57 Å². The van der Waals surface area contributed by atoms with Crippen LogP contribution in [0.5, 0.6) is 0 Å². The molecule has 0 bridgehead atoms. The maximum absolute atomic E-state index is 13.8. The highest BCUT2D eigenvalue weighted by Crippen LogP contribution is 2.31. The van der Waals surface area contributed by atoms with Gasteiger partial charge >= 0.3 is 11.9 Å². The van der Waals surface area contributed by atoms with Gasteiger partial charge in [-0.15, -0.1) is 0 Å². The molecule has 4 aromatic rings. The number of esters is 2. The third-order valence-corrected chi connectivity index (χ3v) is 7.68. The second-order valence-electron chi connectivity index (χ2n) is 9.00. The molecule has 9 nitrogen and oxygen atoms in total. The number of hydrogen-bond donors (Lipinski definition) is 0. The monoisotopic (exact) mass is 592 g/mol. The number of hydrogen-bond acceptors (Lipinski definition) is 9. The summed E-state index contributed by atoms with van der Waals surface area (Å²) < 4.78 is 23.2. The molecule has 0 N–H and O–H groups in total. The van der Waals surface area contributed by atoms with Crippen LogP contribution in [-0.2, 0) is 19.0 Å². The quantitative estimate of drug-likeness (QED) is 0.224. The molecule has 0 aliphatic carbocycles. The zero-order chi connectivity index (χ0) is 29.1. The van der Waals surface area contributed by atoms with Crippen LogP contribution in [0.15, 0.2) is 86.1 Å². The number of rotatable bonds is 8. The molecule has 0 saturated heterocycles. The largest absolute Gasteiger partial charge is 0.465 e. The summed E-state index contributed by atoms with van der Waals surface area (Å²) in [6.45, 7) is 2.01. The zero-order valence-electron chi connectivity index (χ0n) is 22.4. The Morgan fingerprint density at radius 1 is 1.05 bits per heavy atom. The number of aromatic nitrogens is 1. The molecule has 1 unspecified atom stereocenters. The van der Waals surface area contributed by atoms with E-state index < -0.39 is 18.0 Å². The topological polar surface area (TPSA) is 109 Å². The second-order valence-corrected chi connectivity index (χ2v) is 10.4. The fourth-order valence-corrected chi connectivity index (χ4v) is 5.68. The first-order valence-corrected chi connectivity index (χ1v) is 13.7. The van der Waals surface area contributed by atoms with Gasteiger partial charge in [0, 0.05) is 23.8 Å². The average molecular weight is 593 g/mol. The summed E-state index contributed by atoms with van der Waals surface area (Å²) in [6.07, 6.45) is 1.61. The third kappa shape index (κ3) is 5.67. The highest BCUT2D eigenvalue weighted by Gasteiger charge is 2.33. The van der Waals surface area contributed by atoms with E-state index in [9.17, 15) is 14.4 Å². The molecule has 3 heterocycles. The number of halogens is 1. The molecule has 2 aromatic carbocycles. The van der Waals surface area contributed by atoms with E-state index in [0.29, 0.717) is 48.3 Å². The van der Waals surface area contributed by atoms with Crippen LogP contribution >= 0.6 is 22.9 Å². The summed E-state index contributed by atoms with van der Waals surface area (Å²) in [5.41, 5.74) is 1.95. The summed E-state index contributed by atoms with van der Waals surface area (Å²) >= 11 is 7.30. The van der Waals surface area contributed by atoms with Crippen LogP contribution in [0, 0.1) is 0 Å². The minimum Gasteiger partial charge on any atom is -0.465 e. The Balaban J connectivity index is 1.59. The number of benzene rings is 2. The first-order chi connectivity index (χ1) is 19.8. The van der Waals surface area contributed by atoms with Gasteiger partial charge in [-0.1, -0.05) is 53.3 Å². The number of furan rings is 1. The molecule has 2 aromatic heterocycles. The molecule has 1 atom stereocenters. The van der Waals surface area contributed by atoms with Gasteiger partial charge in [0.05, 0.1) is 41.1 Å². The minimum absolute atomic E-state index is 0.0593. The van der Waals surface area contributed by atoms with Crippen molar-refractivity contribution in [2.24, 2.45) is 4.99 Å². The Morgan fingerprint density at radius 2 is 1.80 bits per heavy atom. The molecule has 0 fully saturated rings. The van der Waals surface area contributed by atoms with Gasteiger partial charge in [0.2, 0.25) is 0 Å². The Bertz CT molecular complexity index is 1830. The Labute approximate surface area is 243 Å². The highest BCUT2D eigenvalue weighted by atomic mass is 35.5. The number of nitrogens with zero attached hydrogens (tertiary/aromatic N) is 2. The van der Waals surface area contributed by atoms with Gasteiger partial charge in [-0.2, -0.15) is 0 Å². The SMILES string of the molecule is COCCOC(=O)C1=C(C)N=c2sc(=Cc3ccc(-c4ccccc4C(=O)OC)o3)c(=O)n2C1c1ccc(Cl)cc1. The van der Waals surface area contributed by atoms with Crippen molar-refractivity contribution in [2.75, 3.05) is 27.4 Å².